The summed E-state index contributed by atoms with van der Waals surface area (Å²) in [7, 11) is 0. The molecule has 8 heteroatoms. The molecule has 4 rings (SSSR count). The number of hydrogen-bond acceptors (Lipinski definition) is 4. The van der Waals surface area contributed by atoms with Crippen LogP contribution in [0.5, 0.6) is 0 Å². The maximum absolute atomic E-state index is 12.7. The van der Waals surface area contributed by atoms with E-state index in [9.17, 15) is 19.5 Å². The highest BCUT2D eigenvalue weighted by Crippen LogP contribution is 2.48. The first-order valence-electron chi connectivity index (χ1n) is 8.49. The van der Waals surface area contributed by atoms with Crippen molar-refractivity contribution in [3.8, 4) is 0 Å². The van der Waals surface area contributed by atoms with E-state index >= 15 is 0 Å². The average Bonchev–Trinajstić information content (AvgIpc) is 3.24. The molecule has 2 aliphatic rings. The number of nitrogens with one attached hydrogen (secondary N) is 1. The third-order valence-electron chi connectivity index (χ3n) is 5.82. The zero-order valence-corrected chi connectivity index (χ0v) is 14.0. The summed E-state index contributed by atoms with van der Waals surface area (Å²) < 4.78 is 1.31. The van der Waals surface area contributed by atoms with E-state index in [0.717, 1.165) is 12.8 Å². The van der Waals surface area contributed by atoms with Crippen molar-refractivity contribution in [3.63, 3.8) is 0 Å². The van der Waals surface area contributed by atoms with Crippen LogP contribution in [0.2, 0.25) is 0 Å². The van der Waals surface area contributed by atoms with Gasteiger partial charge in [-0.3, -0.25) is 19.5 Å². The van der Waals surface area contributed by atoms with Gasteiger partial charge in [0.2, 0.25) is 5.91 Å². The first kappa shape index (κ1) is 15.9. The summed E-state index contributed by atoms with van der Waals surface area (Å²) >= 11 is 0. The summed E-state index contributed by atoms with van der Waals surface area (Å²) in [6.45, 7) is 2.42. The Hall–Kier alpha value is -2.64. The second-order valence-electron chi connectivity index (χ2n) is 7.14. The molecule has 1 amide bonds. The molecule has 2 atom stereocenters. The molecule has 0 spiro atoms. The number of carbonyl (C=O) groups excluding carboxylic acids is 1. The number of hydrogen-bond donors (Lipinski definition) is 2. The average molecular weight is 344 g/mol. The van der Waals surface area contributed by atoms with Crippen LogP contribution < -0.4 is 5.56 Å². The second-order valence-corrected chi connectivity index (χ2v) is 7.14. The van der Waals surface area contributed by atoms with Crippen molar-refractivity contribution >= 4 is 17.5 Å². The highest BCUT2D eigenvalue weighted by atomic mass is 16.4. The molecular formula is C17H20N4O4. The molecule has 0 bridgehead atoms. The molecule has 8 nitrogen and oxygen atoms in total. The van der Waals surface area contributed by atoms with Crippen molar-refractivity contribution < 1.29 is 14.7 Å². The van der Waals surface area contributed by atoms with Crippen molar-refractivity contribution in [1.29, 1.82) is 0 Å². The molecule has 25 heavy (non-hydrogen) atoms. The summed E-state index contributed by atoms with van der Waals surface area (Å²) in [5.74, 6) is -1.00. The van der Waals surface area contributed by atoms with Gasteiger partial charge in [0.05, 0.1) is 11.8 Å². The number of nitrogens with zero attached hydrogens (tertiary/aromatic N) is 3. The molecule has 2 aromatic rings. The SMILES string of the molecule is Cc1nc2cc[nH]n2c(=O)c1CC(=O)N1C[C@@H]2CCC[C@@]2(C(=O)O)C1. The highest BCUT2D eigenvalue weighted by molar-refractivity contribution is 5.83. The molecule has 1 saturated carbocycles. The van der Waals surface area contributed by atoms with E-state index in [-0.39, 0.29) is 30.3 Å². The van der Waals surface area contributed by atoms with Gasteiger partial charge < -0.3 is 10.0 Å². The number of H-pyrrole nitrogens is 1. The van der Waals surface area contributed by atoms with Gasteiger partial charge in [-0.2, -0.15) is 0 Å². The number of likely N-dealkylation sites (tertiary alicyclic amines) is 1. The lowest BCUT2D eigenvalue weighted by Gasteiger charge is -2.23. The Kier molecular flexibility index (Phi) is 3.45. The van der Waals surface area contributed by atoms with E-state index in [4.69, 9.17) is 0 Å². The predicted octanol–water partition coefficient (Wildman–Crippen LogP) is 0.587. The molecule has 0 unspecified atom stereocenters. The zero-order valence-electron chi connectivity index (χ0n) is 14.0. The second kappa shape index (κ2) is 5.44. The number of carboxylic acids is 1. The number of fused-ring (bicyclic) bond motifs is 2. The van der Waals surface area contributed by atoms with Crippen LogP contribution in [-0.4, -0.2) is 49.6 Å². The van der Waals surface area contributed by atoms with Crippen LogP contribution in [-0.2, 0) is 16.0 Å². The lowest BCUT2D eigenvalue weighted by molar-refractivity contribution is -0.149. The van der Waals surface area contributed by atoms with E-state index in [0.29, 0.717) is 29.9 Å². The van der Waals surface area contributed by atoms with Gasteiger partial charge in [0.25, 0.3) is 5.56 Å². The molecular weight excluding hydrogens is 324 g/mol. The number of aromatic amines is 1. The Morgan fingerprint density at radius 2 is 2.28 bits per heavy atom. The number of amides is 1. The normalized spacial score (nSPS) is 25.5. The van der Waals surface area contributed by atoms with Gasteiger partial charge in [-0.1, -0.05) is 6.42 Å². The number of carbonyl (C=O) groups is 2. The fourth-order valence-electron chi connectivity index (χ4n) is 4.40. The van der Waals surface area contributed by atoms with Gasteiger partial charge in [-0.25, -0.2) is 9.50 Å². The molecule has 1 aliphatic carbocycles. The Bertz CT molecular complexity index is 930. The van der Waals surface area contributed by atoms with Crippen LogP contribution in [0.4, 0.5) is 0 Å². The molecule has 132 valence electrons. The van der Waals surface area contributed by atoms with Crippen LogP contribution in [0, 0.1) is 18.3 Å². The molecule has 2 N–H and O–H groups in total. The van der Waals surface area contributed by atoms with E-state index in [1.54, 1.807) is 24.1 Å². The van der Waals surface area contributed by atoms with E-state index in [2.05, 4.69) is 10.1 Å². The minimum Gasteiger partial charge on any atom is -0.481 e. The third kappa shape index (κ3) is 2.27. The zero-order chi connectivity index (χ0) is 17.8. The highest BCUT2D eigenvalue weighted by Gasteiger charge is 2.55. The fraction of sp³-hybridized carbons (Fsp3) is 0.529. The largest absolute Gasteiger partial charge is 0.481 e. The maximum Gasteiger partial charge on any atom is 0.311 e. The number of rotatable bonds is 3. The van der Waals surface area contributed by atoms with Crippen molar-refractivity contribution in [2.45, 2.75) is 32.6 Å². The summed E-state index contributed by atoms with van der Waals surface area (Å²) in [5.41, 5.74) is 0.311. The molecule has 1 saturated heterocycles. The standard InChI is InChI=1S/C17H20N4O4/c1-10-12(15(23)21-13(19-10)4-6-18-21)7-14(22)20-8-11-3-2-5-17(11,9-20)16(24)25/h4,6,11,18H,2-3,5,7-9H2,1H3,(H,24,25)/t11-,17+/m0/s1. The van der Waals surface area contributed by atoms with Gasteiger partial charge in [0, 0.05) is 36.6 Å². The van der Waals surface area contributed by atoms with Gasteiger partial charge in [-0.05, 0) is 25.7 Å². The van der Waals surface area contributed by atoms with Gasteiger partial charge in [0.1, 0.15) is 0 Å². The Morgan fingerprint density at radius 1 is 1.48 bits per heavy atom. The lowest BCUT2D eigenvalue weighted by Crippen LogP contribution is -2.38. The maximum atomic E-state index is 12.7. The van der Waals surface area contributed by atoms with E-state index < -0.39 is 11.4 Å². The minimum atomic E-state index is -0.809. The lowest BCUT2D eigenvalue weighted by atomic mass is 9.81. The quantitative estimate of drug-likeness (QED) is 0.847. The molecule has 1 aliphatic heterocycles. The molecule has 2 fully saturated rings. The Balaban J connectivity index is 1.60. The third-order valence-corrected chi connectivity index (χ3v) is 5.82. The van der Waals surface area contributed by atoms with E-state index in [1.165, 1.54) is 4.52 Å². The minimum absolute atomic E-state index is 0.0140. The fourth-order valence-corrected chi connectivity index (χ4v) is 4.40. The summed E-state index contributed by atoms with van der Waals surface area (Å²) in [4.78, 5) is 43.0. The van der Waals surface area contributed by atoms with Crippen LogP contribution in [0.15, 0.2) is 17.1 Å². The van der Waals surface area contributed by atoms with Gasteiger partial charge in [0.15, 0.2) is 5.65 Å². The first-order valence-corrected chi connectivity index (χ1v) is 8.49. The van der Waals surface area contributed by atoms with Gasteiger partial charge >= 0.3 is 5.97 Å². The number of aryl methyl sites for hydroxylation is 1. The number of aliphatic carboxylic acids is 1. The smallest absolute Gasteiger partial charge is 0.311 e. The van der Waals surface area contributed by atoms with Crippen LogP contribution in [0.3, 0.4) is 0 Å². The van der Waals surface area contributed by atoms with Gasteiger partial charge in [-0.15, -0.1) is 0 Å². The first-order chi connectivity index (χ1) is 11.9. The van der Waals surface area contributed by atoms with Crippen LogP contribution in [0.25, 0.3) is 5.65 Å². The van der Waals surface area contributed by atoms with Crippen molar-refractivity contribution in [3.05, 3.63) is 33.9 Å². The molecule has 2 aromatic heterocycles. The number of carboxylic acid groups (broad SMARTS) is 1. The van der Waals surface area contributed by atoms with Crippen LogP contribution >= 0.6 is 0 Å². The Morgan fingerprint density at radius 3 is 3.00 bits per heavy atom. The van der Waals surface area contributed by atoms with Crippen molar-refractivity contribution in [1.82, 2.24) is 19.5 Å². The van der Waals surface area contributed by atoms with Crippen molar-refractivity contribution in [2.75, 3.05) is 13.1 Å². The molecule has 3 heterocycles. The summed E-state index contributed by atoms with van der Waals surface area (Å²) in [6, 6.07) is 1.69. The summed E-state index contributed by atoms with van der Waals surface area (Å²) in [6.07, 6.45) is 3.92. The van der Waals surface area contributed by atoms with E-state index in [1.807, 2.05) is 0 Å². The Labute approximate surface area is 143 Å². The monoisotopic (exact) mass is 344 g/mol. The molecule has 0 radical (unpaired) electrons. The van der Waals surface area contributed by atoms with Crippen LogP contribution in [0.1, 0.15) is 30.5 Å². The summed E-state index contributed by atoms with van der Waals surface area (Å²) in [5, 5.41) is 12.4. The number of aromatic nitrogens is 3. The topological polar surface area (TPSA) is 108 Å². The van der Waals surface area contributed by atoms with Crippen molar-refractivity contribution in [2.24, 2.45) is 11.3 Å². The predicted molar refractivity (Wildman–Crippen MR) is 88.2 cm³/mol. The molecule has 0 aromatic carbocycles.